The summed E-state index contributed by atoms with van der Waals surface area (Å²) in [5.74, 6) is 0. The van der Waals surface area contributed by atoms with Gasteiger partial charge >= 0.3 is 0 Å². The maximum atomic E-state index is 4.25. The molecule has 0 aromatic carbocycles. The predicted octanol–water partition coefficient (Wildman–Crippen LogP) is 2.00. The Bertz CT molecular complexity index is 149. The minimum Gasteiger partial charge on any atom is -0.274 e. The van der Waals surface area contributed by atoms with E-state index in [1.165, 1.54) is 0 Å². The average molecular weight is 220 g/mol. The fraction of sp³-hybridized carbons (Fsp3) is 0.857. The lowest BCUT2D eigenvalue weighted by Gasteiger charge is -2.24. The molecule has 0 aromatic rings. The van der Waals surface area contributed by atoms with Gasteiger partial charge in [0.05, 0.1) is 16.1 Å². The van der Waals surface area contributed by atoms with Crippen molar-refractivity contribution in [2.24, 2.45) is 5.10 Å². The monoisotopic (exact) mass is 219 g/mol. The zero-order valence-electron chi connectivity index (χ0n) is 7.00. The summed E-state index contributed by atoms with van der Waals surface area (Å²) in [6.07, 6.45) is 4.47. The summed E-state index contributed by atoms with van der Waals surface area (Å²) >= 11 is 3.42. The van der Waals surface area contributed by atoms with E-state index in [9.17, 15) is 0 Å². The number of nitrogens with zero attached hydrogens (tertiary/aromatic N) is 3. The summed E-state index contributed by atoms with van der Waals surface area (Å²) in [5.41, 5.74) is 0. The molecule has 11 heavy (non-hydrogen) atoms. The molecule has 1 atom stereocenters. The first-order valence-electron chi connectivity index (χ1n) is 4.04. The van der Waals surface area contributed by atoms with Crippen molar-refractivity contribution in [2.75, 3.05) is 6.54 Å². The van der Waals surface area contributed by atoms with Crippen molar-refractivity contribution in [3.8, 4) is 0 Å². The highest BCUT2D eigenvalue weighted by molar-refractivity contribution is 9.07. The molecule has 1 rings (SSSR count). The number of hydrogen-bond acceptors (Lipinski definition) is 3. The Morgan fingerprint density at radius 3 is 2.82 bits per heavy atom. The van der Waals surface area contributed by atoms with Gasteiger partial charge in [-0.15, -0.1) is 0 Å². The molecular formula is C7H14BrN3. The summed E-state index contributed by atoms with van der Waals surface area (Å²) in [4.78, 5) is 0. The van der Waals surface area contributed by atoms with E-state index in [1.807, 2.05) is 10.3 Å². The van der Waals surface area contributed by atoms with E-state index < -0.39 is 0 Å². The zero-order valence-corrected chi connectivity index (χ0v) is 8.58. The van der Waals surface area contributed by atoms with E-state index >= 15 is 0 Å². The highest BCUT2D eigenvalue weighted by Gasteiger charge is 2.23. The molecule has 0 radical (unpaired) electrons. The van der Waals surface area contributed by atoms with Crippen LogP contribution in [0.15, 0.2) is 5.10 Å². The Balaban J connectivity index is 2.46. The standard InChI is InChI=1S/C7H14BrN3/c1-3-5-11-7(4-2)10(8)6-9-11/h6-7H,3-5H2,1-2H3. The fourth-order valence-corrected chi connectivity index (χ4v) is 1.80. The zero-order chi connectivity index (χ0) is 8.27. The second-order valence-electron chi connectivity index (χ2n) is 2.63. The van der Waals surface area contributed by atoms with Crippen LogP contribution >= 0.6 is 16.1 Å². The van der Waals surface area contributed by atoms with Gasteiger partial charge in [-0.05, 0) is 12.8 Å². The molecule has 0 bridgehead atoms. The maximum absolute atomic E-state index is 4.25. The van der Waals surface area contributed by atoms with Crippen LogP contribution in [0.25, 0.3) is 0 Å². The topological polar surface area (TPSA) is 18.8 Å². The first kappa shape index (κ1) is 8.84. The second kappa shape index (κ2) is 3.95. The van der Waals surface area contributed by atoms with E-state index in [0.29, 0.717) is 6.17 Å². The van der Waals surface area contributed by atoms with E-state index in [-0.39, 0.29) is 0 Å². The van der Waals surface area contributed by atoms with Crippen LogP contribution in [0.1, 0.15) is 26.7 Å². The molecule has 64 valence electrons. The van der Waals surface area contributed by atoms with Gasteiger partial charge < -0.3 is 0 Å². The van der Waals surface area contributed by atoms with Crippen LogP contribution in [0.3, 0.4) is 0 Å². The third kappa shape index (κ3) is 1.86. The van der Waals surface area contributed by atoms with Crippen LogP contribution in [-0.4, -0.2) is 28.0 Å². The molecule has 1 heterocycles. The quantitative estimate of drug-likeness (QED) is 0.677. The fourth-order valence-electron chi connectivity index (χ4n) is 1.22. The number of rotatable bonds is 3. The van der Waals surface area contributed by atoms with Gasteiger partial charge in [0.15, 0.2) is 0 Å². The lowest BCUT2D eigenvalue weighted by atomic mass is 10.3. The minimum absolute atomic E-state index is 0.412. The molecule has 3 nitrogen and oxygen atoms in total. The Morgan fingerprint density at radius 1 is 1.55 bits per heavy atom. The van der Waals surface area contributed by atoms with Crippen molar-refractivity contribution >= 4 is 22.5 Å². The molecule has 0 aromatic heterocycles. The molecule has 0 N–H and O–H groups in total. The second-order valence-corrected chi connectivity index (χ2v) is 3.45. The number of hydrazone groups is 1. The van der Waals surface area contributed by atoms with Crippen LogP contribution in [-0.2, 0) is 0 Å². The van der Waals surface area contributed by atoms with Gasteiger partial charge in [0, 0.05) is 6.54 Å². The van der Waals surface area contributed by atoms with Crippen molar-refractivity contribution in [3.63, 3.8) is 0 Å². The first-order valence-corrected chi connectivity index (χ1v) is 4.75. The van der Waals surface area contributed by atoms with E-state index in [4.69, 9.17) is 0 Å². The summed E-state index contributed by atoms with van der Waals surface area (Å²) in [5, 5.41) is 6.35. The summed E-state index contributed by atoms with van der Waals surface area (Å²) < 4.78 is 1.97. The van der Waals surface area contributed by atoms with Gasteiger partial charge in [-0.1, -0.05) is 13.8 Å². The van der Waals surface area contributed by atoms with Gasteiger partial charge in [-0.3, -0.25) is 8.93 Å². The lowest BCUT2D eigenvalue weighted by molar-refractivity contribution is 0.178. The number of halogens is 1. The Labute approximate surface area is 76.4 Å². The Morgan fingerprint density at radius 2 is 2.27 bits per heavy atom. The normalized spacial score (nSPS) is 23.4. The highest BCUT2D eigenvalue weighted by Crippen LogP contribution is 2.18. The molecule has 0 aliphatic carbocycles. The highest BCUT2D eigenvalue weighted by atomic mass is 79.9. The largest absolute Gasteiger partial charge is 0.274 e. The van der Waals surface area contributed by atoms with Gasteiger partial charge in [-0.25, -0.2) is 0 Å². The van der Waals surface area contributed by atoms with Crippen LogP contribution in [0.4, 0.5) is 0 Å². The predicted molar refractivity (Wildman–Crippen MR) is 50.3 cm³/mol. The minimum atomic E-state index is 0.412. The summed E-state index contributed by atoms with van der Waals surface area (Å²) in [6, 6.07) is 0. The van der Waals surface area contributed by atoms with Gasteiger partial charge in [0.25, 0.3) is 0 Å². The van der Waals surface area contributed by atoms with Crippen molar-refractivity contribution in [3.05, 3.63) is 0 Å². The SMILES string of the molecule is CCCN1N=CN(Br)C1CC. The van der Waals surface area contributed by atoms with E-state index in [0.717, 1.165) is 19.4 Å². The summed E-state index contributed by atoms with van der Waals surface area (Å²) in [6.45, 7) is 5.37. The number of hydrogen-bond donors (Lipinski definition) is 0. The molecule has 1 aliphatic rings. The molecule has 0 saturated carbocycles. The first-order chi connectivity index (χ1) is 5.29. The third-order valence-electron chi connectivity index (χ3n) is 1.76. The Kier molecular flexibility index (Phi) is 3.17. The van der Waals surface area contributed by atoms with E-state index in [1.54, 1.807) is 0 Å². The molecule has 1 aliphatic heterocycles. The molecule has 1 unspecified atom stereocenters. The smallest absolute Gasteiger partial charge is 0.129 e. The molecule has 0 amide bonds. The van der Waals surface area contributed by atoms with Crippen molar-refractivity contribution < 1.29 is 0 Å². The van der Waals surface area contributed by atoms with Gasteiger partial charge in [-0.2, -0.15) is 5.10 Å². The molecule has 4 heteroatoms. The van der Waals surface area contributed by atoms with Crippen LogP contribution in [0.5, 0.6) is 0 Å². The van der Waals surface area contributed by atoms with Gasteiger partial charge in [0.1, 0.15) is 12.5 Å². The van der Waals surface area contributed by atoms with Crippen LogP contribution in [0.2, 0.25) is 0 Å². The third-order valence-corrected chi connectivity index (χ3v) is 2.41. The molecule has 0 spiro atoms. The molecule has 0 fully saturated rings. The van der Waals surface area contributed by atoms with Crippen LogP contribution < -0.4 is 0 Å². The summed E-state index contributed by atoms with van der Waals surface area (Å²) in [7, 11) is 0. The Hall–Kier alpha value is -0.250. The van der Waals surface area contributed by atoms with E-state index in [2.05, 4.69) is 40.1 Å². The van der Waals surface area contributed by atoms with Crippen LogP contribution in [0, 0.1) is 0 Å². The van der Waals surface area contributed by atoms with Gasteiger partial charge in [0.2, 0.25) is 0 Å². The van der Waals surface area contributed by atoms with Crippen molar-refractivity contribution in [1.82, 2.24) is 8.93 Å². The molecular weight excluding hydrogens is 206 g/mol. The molecule has 0 saturated heterocycles. The maximum Gasteiger partial charge on any atom is 0.129 e. The lowest BCUT2D eigenvalue weighted by Crippen LogP contribution is -2.34. The van der Waals surface area contributed by atoms with Crippen molar-refractivity contribution in [2.45, 2.75) is 32.9 Å². The average Bonchev–Trinajstić information content (AvgIpc) is 2.33. The van der Waals surface area contributed by atoms with Crippen molar-refractivity contribution in [1.29, 1.82) is 0 Å².